The van der Waals surface area contributed by atoms with E-state index in [0.29, 0.717) is 18.4 Å². The lowest BCUT2D eigenvalue weighted by molar-refractivity contribution is 0.120. The Kier molecular flexibility index (Phi) is 4.67. The lowest BCUT2D eigenvalue weighted by Crippen LogP contribution is -2.53. The molecule has 0 radical (unpaired) electrons. The zero-order valence-corrected chi connectivity index (χ0v) is 8.72. The highest BCUT2D eigenvalue weighted by Gasteiger charge is 2.23. The van der Waals surface area contributed by atoms with E-state index in [-0.39, 0.29) is 6.67 Å². The van der Waals surface area contributed by atoms with Crippen LogP contribution in [-0.2, 0) is 0 Å². The van der Waals surface area contributed by atoms with Crippen molar-refractivity contribution in [2.75, 3.05) is 32.9 Å². The molecule has 0 spiro atoms. The van der Waals surface area contributed by atoms with E-state index >= 15 is 0 Å². The quantitative estimate of drug-likeness (QED) is 0.715. The van der Waals surface area contributed by atoms with E-state index in [1.165, 1.54) is 0 Å². The minimum Gasteiger partial charge on any atom is -0.314 e. The third-order valence-electron chi connectivity index (χ3n) is 2.75. The number of piperazine rings is 1. The largest absolute Gasteiger partial charge is 0.314 e. The third-order valence-corrected chi connectivity index (χ3v) is 2.75. The fourth-order valence-corrected chi connectivity index (χ4v) is 1.97. The molecule has 0 bridgehead atoms. The van der Waals surface area contributed by atoms with Gasteiger partial charge in [-0.25, -0.2) is 0 Å². The minimum absolute atomic E-state index is 0.186. The van der Waals surface area contributed by atoms with Gasteiger partial charge in [0.05, 0.1) is 6.67 Å². The standard InChI is InChI=1S/C10H21FN2/c1-9(2)10-8-12-5-7-13(10)6-3-4-11/h9-10,12H,3-8H2,1-2H3. The Morgan fingerprint density at radius 3 is 2.92 bits per heavy atom. The zero-order chi connectivity index (χ0) is 9.68. The van der Waals surface area contributed by atoms with E-state index < -0.39 is 0 Å². The molecule has 13 heavy (non-hydrogen) atoms. The molecule has 1 saturated heterocycles. The Bertz CT molecular complexity index is 139. The topological polar surface area (TPSA) is 15.3 Å². The van der Waals surface area contributed by atoms with Gasteiger partial charge in [-0.3, -0.25) is 9.29 Å². The molecule has 1 heterocycles. The molecule has 1 fully saturated rings. The first-order valence-electron chi connectivity index (χ1n) is 5.26. The Labute approximate surface area is 80.5 Å². The molecule has 1 aliphatic heterocycles. The van der Waals surface area contributed by atoms with Crippen molar-refractivity contribution < 1.29 is 4.39 Å². The van der Waals surface area contributed by atoms with E-state index in [1.807, 2.05) is 0 Å². The fourth-order valence-electron chi connectivity index (χ4n) is 1.97. The van der Waals surface area contributed by atoms with Crippen molar-refractivity contribution in [1.29, 1.82) is 0 Å². The van der Waals surface area contributed by atoms with Gasteiger partial charge in [0.1, 0.15) is 0 Å². The third kappa shape index (κ3) is 3.24. The monoisotopic (exact) mass is 188 g/mol. The number of nitrogens with zero attached hydrogens (tertiary/aromatic N) is 1. The molecule has 1 N–H and O–H groups in total. The Hall–Kier alpha value is -0.150. The van der Waals surface area contributed by atoms with Crippen molar-refractivity contribution in [3.05, 3.63) is 0 Å². The van der Waals surface area contributed by atoms with E-state index in [2.05, 4.69) is 24.1 Å². The normalized spacial score (nSPS) is 25.4. The first-order chi connectivity index (χ1) is 6.25. The summed E-state index contributed by atoms with van der Waals surface area (Å²) >= 11 is 0. The molecule has 3 heteroatoms. The van der Waals surface area contributed by atoms with Crippen molar-refractivity contribution in [3.8, 4) is 0 Å². The van der Waals surface area contributed by atoms with Crippen LogP contribution in [0.25, 0.3) is 0 Å². The summed E-state index contributed by atoms with van der Waals surface area (Å²) in [6.45, 7) is 8.39. The minimum atomic E-state index is -0.186. The number of rotatable bonds is 4. The van der Waals surface area contributed by atoms with Gasteiger partial charge in [-0.1, -0.05) is 13.8 Å². The van der Waals surface area contributed by atoms with Gasteiger partial charge in [-0.15, -0.1) is 0 Å². The van der Waals surface area contributed by atoms with Crippen molar-refractivity contribution in [2.24, 2.45) is 5.92 Å². The summed E-state index contributed by atoms with van der Waals surface area (Å²) in [5.41, 5.74) is 0. The first-order valence-corrected chi connectivity index (χ1v) is 5.26. The van der Waals surface area contributed by atoms with Gasteiger partial charge < -0.3 is 5.32 Å². The highest BCUT2D eigenvalue weighted by atomic mass is 19.1. The van der Waals surface area contributed by atoms with Crippen LogP contribution in [0.3, 0.4) is 0 Å². The molecule has 78 valence electrons. The average Bonchev–Trinajstić information content (AvgIpc) is 2.15. The number of alkyl halides is 1. The van der Waals surface area contributed by atoms with Crippen molar-refractivity contribution in [3.63, 3.8) is 0 Å². The molecule has 0 saturated carbocycles. The van der Waals surface area contributed by atoms with Crippen LogP contribution in [0.15, 0.2) is 0 Å². The van der Waals surface area contributed by atoms with Crippen LogP contribution in [0, 0.1) is 5.92 Å². The maximum atomic E-state index is 12.0. The molecule has 0 amide bonds. The maximum Gasteiger partial charge on any atom is 0.0906 e. The van der Waals surface area contributed by atoms with Crippen LogP contribution < -0.4 is 5.32 Å². The fraction of sp³-hybridized carbons (Fsp3) is 1.00. The molecule has 1 atom stereocenters. The second kappa shape index (κ2) is 5.55. The van der Waals surface area contributed by atoms with Gasteiger partial charge in [0, 0.05) is 32.2 Å². The Morgan fingerprint density at radius 2 is 2.31 bits per heavy atom. The van der Waals surface area contributed by atoms with Crippen LogP contribution in [0.5, 0.6) is 0 Å². The zero-order valence-electron chi connectivity index (χ0n) is 8.72. The van der Waals surface area contributed by atoms with Gasteiger partial charge in [-0.2, -0.15) is 0 Å². The van der Waals surface area contributed by atoms with Gasteiger partial charge in [0.25, 0.3) is 0 Å². The highest BCUT2D eigenvalue weighted by molar-refractivity contribution is 4.81. The summed E-state index contributed by atoms with van der Waals surface area (Å²) in [6, 6.07) is 0.597. The number of hydrogen-bond acceptors (Lipinski definition) is 2. The molecule has 0 aromatic carbocycles. The summed E-state index contributed by atoms with van der Waals surface area (Å²) in [6.07, 6.45) is 0.684. The Morgan fingerprint density at radius 1 is 1.54 bits per heavy atom. The number of hydrogen-bond donors (Lipinski definition) is 1. The maximum absolute atomic E-state index is 12.0. The summed E-state index contributed by atoms with van der Waals surface area (Å²) in [5, 5.41) is 3.39. The molecular formula is C10H21FN2. The summed E-state index contributed by atoms with van der Waals surface area (Å²) in [4.78, 5) is 2.42. The van der Waals surface area contributed by atoms with Crippen LogP contribution in [0.1, 0.15) is 20.3 Å². The molecule has 0 aliphatic carbocycles. The summed E-state index contributed by atoms with van der Waals surface area (Å²) in [5.74, 6) is 0.660. The van der Waals surface area contributed by atoms with Gasteiger partial charge in [0.15, 0.2) is 0 Å². The highest BCUT2D eigenvalue weighted by Crippen LogP contribution is 2.12. The molecule has 1 aliphatic rings. The second-order valence-corrected chi connectivity index (χ2v) is 4.09. The van der Waals surface area contributed by atoms with Gasteiger partial charge in [0.2, 0.25) is 0 Å². The van der Waals surface area contributed by atoms with Crippen molar-refractivity contribution in [1.82, 2.24) is 10.2 Å². The molecule has 1 unspecified atom stereocenters. The second-order valence-electron chi connectivity index (χ2n) is 4.09. The summed E-state index contributed by atoms with van der Waals surface area (Å²) in [7, 11) is 0. The van der Waals surface area contributed by atoms with E-state index in [1.54, 1.807) is 0 Å². The van der Waals surface area contributed by atoms with Gasteiger partial charge >= 0.3 is 0 Å². The Balaban J connectivity index is 2.37. The smallest absolute Gasteiger partial charge is 0.0906 e. The van der Waals surface area contributed by atoms with Crippen LogP contribution in [-0.4, -0.2) is 43.8 Å². The molecule has 0 aromatic heterocycles. The van der Waals surface area contributed by atoms with Gasteiger partial charge in [-0.05, 0) is 12.3 Å². The van der Waals surface area contributed by atoms with E-state index in [4.69, 9.17) is 0 Å². The lowest BCUT2D eigenvalue weighted by Gasteiger charge is -2.38. The summed E-state index contributed by atoms with van der Waals surface area (Å²) < 4.78 is 12.0. The predicted molar refractivity (Wildman–Crippen MR) is 53.7 cm³/mol. The lowest BCUT2D eigenvalue weighted by atomic mass is 10.0. The van der Waals surface area contributed by atoms with Crippen molar-refractivity contribution in [2.45, 2.75) is 26.3 Å². The number of halogens is 1. The van der Waals surface area contributed by atoms with E-state index in [9.17, 15) is 4.39 Å². The molecule has 2 nitrogen and oxygen atoms in total. The average molecular weight is 188 g/mol. The first kappa shape index (κ1) is 10.9. The molecule has 0 aromatic rings. The molecule has 1 rings (SSSR count). The number of nitrogens with one attached hydrogen (secondary N) is 1. The van der Waals surface area contributed by atoms with Crippen LogP contribution in [0.2, 0.25) is 0 Å². The van der Waals surface area contributed by atoms with Crippen LogP contribution in [0.4, 0.5) is 4.39 Å². The van der Waals surface area contributed by atoms with E-state index in [0.717, 1.165) is 26.2 Å². The van der Waals surface area contributed by atoms with Crippen molar-refractivity contribution >= 4 is 0 Å². The van der Waals surface area contributed by atoms with Crippen LogP contribution >= 0.6 is 0 Å². The predicted octanol–water partition coefficient (Wildman–Crippen LogP) is 1.28. The SMILES string of the molecule is CC(C)C1CNCCN1CCCF. The molecular weight excluding hydrogens is 167 g/mol.